The first-order valence-electron chi connectivity index (χ1n) is 11.9. The third-order valence-corrected chi connectivity index (χ3v) is 8.64. The standard InChI is InChI=1S/C24H34ClN5O4S/c1-35(2,32,33)30-10-4-5-18(16-30)24(31)29-23-13-19(20(25)15-27-23)21-6-3-7-22(28-21)26-14-17-8-11-34-12-9-17/h3,6-7,13,15,17-18H,4-5,8-12,14,16H2,1-2H3,(H,26,28)(H,32,33)(H,27,29,31). The summed E-state index contributed by atoms with van der Waals surface area (Å²) in [7, 11) is -3.88. The van der Waals surface area contributed by atoms with Gasteiger partial charge in [0.05, 0.1) is 16.6 Å². The fourth-order valence-electron chi connectivity index (χ4n) is 4.44. The molecule has 0 aliphatic carbocycles. The Bertz CT molecular complexity index is 1120. The van der Waals surface area contributed by atoms with Crippen molar-refractivity contribution in [2.45, 2.75) is 25.7 Å². The molecular weight excluding hydrogens is 490 g/mol. The number of ether oxygens (including phenoxy) is 1. The fraction of sp³-hybridized carbons (Fsp3) is 0.542. The van der Waals surface area contributed by atoms with Crippen LogP contribution in [0.4, 0.5) is 11.6 Å². The lowest BCUT2D eigenvalue weighted by Crippen LogP contribution is -2.54. The SMILES string of the molecule is CS(C)(=O)(O)N1CCCC(C(=O)Nc2cc(-c3cccc(NCC4CCOCC4)n3)c(Cl)cn2)C1. The van der Waals surface area contributed by atoms with Crippen molar-refractivity contribution in [2.75, 3.05) is 56.0 Å². The van der Waals surface area contributed by atoms with Crippen molar-refractivity contribution in [2.24, 2.45) is 11.8 Å². The maximum Gasteiger partial charge on any atom is 0.229 e. The number of carbonyl (C=O) groups is 1. The first-order valence-corrected chi connectivity index (χ1v) is 15.0. The summed E-state index contributed by atoms with van der Waals surface area (Å²) in [5, 5.41) is 6.70. The molecule has 2 aromatic rings. The van der Waals surface area contributed by atoms with E-state index in [1.54, 1.807) is 6.07 Å². The Kier molecular flexibility index (Phi) is 7.77. The van der Waals surface area contributed by atoms with E-state index in [1.807, 2.05) is 18.2 Å². The molecular formula is C24H34ClN5O4S. The molecule has 2 saturated heterocycles. The summed E-state index contributed by atoms with van der Waals surface area (Å²) in [4.78, 5) is 21.9. The second-order valence-electron chi connectivity index (χ2n) is 9.81. The van der Waals surface area contributed by atoms with Crippen LogP contribution in [0.1, 0.15) is 25.7 Å². The van der Waals surface area contributed by atoms with Gasteiger partial charge in [0.1, 0.15) is 11.6 Å². The third-order valence-electron chi connectivity index (χ3n) is 6.54. The van der Waals surface area contributed by atoms with Gasteiger partial charge in [-0.25, -0.2) is 14.3 Å². The number of aromatic nitrogens is 2. The Morgan fingerprint density at radius 2 is 2.03 bits per heavy atom. The number of anilines is 2. The average molecular weight is 524 g/mol. The zero-order chi connectivity index (χ0) is 25.1. The molecule has 0 aromatic carbocycles. The number of nitrogens with one attached hydrogen (secondary N) is 2. The van der Waals surface area contributed by atoms with Crippen LogP contribution in [0.2, 0.25) is 5.02 Å². The summed E-state index contributed by atoms with van der Waals surface area (Å²) in [5.41, 5.74) is 1.34. The molecule has 1 amide bonds. The molecule has 0 spiro atoms. The largest absolute Gasteiger partial charge is 0.381 e. The molecule has 0 saturated carbocycles. The number of amides is 1. The second-order valence-corrected chi connectivity index (χ2v) is 14.1. The van der Waals surface area contributed by atoms with E-state index in [9.17, 15) is 13.6 Å². The summed E-state index contributed by atoms with van der Waals surface area (Å²) >= 11 is 6.44. The summed E-state index contributed by atoms with van der Waals surface area (Å²) in [6, 6.07) is 7.41. The molecule has 1 unspecified atom stereocenters. The lowest BCUT2D eigenvalue weighted by Gasteiger charge is -2.48. The highest BCUT2D eigenvalue weighted by atomic mass is 35.5. The van der Waals surface area contributed by atoms with Crippen molar-refractivity contribution in [3.8, 4) is 11.3 Å². The average Bonchev–Trinajstić information content (AvgIpc) is 2.84. The van der Waals surface area contributed by atoms with Gasteiger partial charge in [0.25, 0.3) is 0 Å². The molecule has 192 valence electrons. The Hall–Kier alpha value is -2.11. The van der Waals surface area contributed by atoms with E-state index >= 15 is 0 Å². The van der Waals surface area contributed by atoms with Gasteiger partial charge in [-0.05, 0) is 49.8 Å². The number of hydrogen-bond acceptors (Lipinski definition) is 6. The van der Waals surface area contributed by atoms with E-state index in [-0.39, 0.29) is 12.5 Å². The number of carbonyl (C=O) groups excluding carboxylic acids is 1. The Balaban J connectivity index is 1.44. The maximum atomic E-state index is 12.9. The van der Waals surface area contributed by atoms with E-state index in [4.69, 9.17) is 21.3 Å². The minimum absolute atomic E-state index is 0.226. The van der Waals surface area contributed by atoms with Gasteiger partial charge in [0.2, 0.25) is 5.91 Å². The van der Waals surface area contributed by atoms with Crippen LogP contribution in [-0.4, -0.2) is 74.3 Å². The van der Waals surface area contributed by atoms with Gasteiger partial charge < -0.3 is 15.4 Å². The maximum absolute atomic E-state index is 12.9. The van der Waals surface area contributed by atoms with Gasteiger partial charge in [-0.15, -0.1) is 9.53 Å². The molecule has 2 aliphatic rings. The predicted octanol–water partition coefficient (Wildman–Crippen LogP) is 3.75. The van der Waals surface area contributed by atoms with Crippen molar-refractivity contribution >= 4 is 38.7 Å². The minimum Gasteiger partial charge on any atom is -0.381 e. The number of nitrogens with zero attached hydrogens (tertiary/aromatic N) is 3. The summed E-state index contributed by atoms with van der Waals surface area (Å²) in [5.74, 6) is 1.05. The Labute approximate surface area is 211 Å². The van der Waals surface area contributed by atoms with Gasteiger partial charge in [-0.2, -0.15) is 4.21 Å². The van der Waals surface area contributed by atoms with Crippen LogP contribution < -0.4 is 10.6 Å². The highest BCUT2D eigenvalue weighted by Gasteiger charge is 2.33. The number of piperidine rings is 1. The van der Waals surface area contributed by atoms with Gasteiger partial charge >= 0.3 is 0 Å². The molecule has 11 heteroatoms. The normalized spacial score (nSPS) is 21.1. The number of halogens is 1. The van der Waals surface area contributed by atoms with Crippen molar-refractivity contribution in [3.63, 3.8) is 0 Å². The van der Waals surface area contributed by atoms with Crippen molar-refractivity contribution < 1.29 is 18.3 Å². The topological polar surface area (TPSA) is 117 Å². The summed E-state index contributed by atoms with van der Waals surface area (Å²) in [6.07, 6.45) is 7.54. The second kappa shape index (κ2) is 10.5. The molecule has 9 nitrogen and oxygen atoms in total. The molecule has 4 heterocycles. The highest BCUT2D eigenvalue weighted by molar-refractivity contribution is 8.11. The van der Waals surface area contributed by atoms with Gasteiger partial charge in [-0.1, -0.05) is 17.7 Å². The van der Waals surface area contributed by atoms with Crippen molar-refractivity contribution in [1.29, 1.82) is 0 Å². The zero-order valence-corrected chi connectivity index (χ0v) is 21.8. The molecule has 2 aromatic heterocycles. The summed E-state index contributed by atoms with van der Waals surface area (Å²) < 4.78 is 29.8. The first-order chi connectivity index (χ1) is 16.6. The molecule has 0 radical (unpaired) electrons. The number of hydrogen-bond donors (Lipinski definition) is 3. The Morgan fingerprint density at radius 3 is 2.77 bits per heavy atom. The molecule has 4 rings (SSSR count). The molecule has 1 atom stereocenters. The first kappa shape index (κ1) is 26.0. The molecule has 35 heavy (non-hydrogen) atoms. The zero-order valence-electron chi connectivity index (χ0n) is 20.2. The third kappa shape index (κ3) is 6.98. The molecule has 2 aliphatic heterocycles. The van der Waals surface area contributed by atoms with Crippen LogP contribution in [0, 0.1) is 11.8 Å². The summed E-state index contributed by atoms with van der Waals surface area (Å²) in [6.45, 7) is 3.16. The fourth-order valence-corrected chi connectivity index (χ4v) is 5.90. The Morgan fingerprint density at radius 1 is 1.26 bits per heavy atom. The van der Waals surface area contributed by atoms with Crippen LogP contribution >= 0.6 is 11.6 Å². The van der Waals surface area contributed by atoms with Gasteiger partial charge in [0.15, 0.2) is 0 Å². The lowest BCUT2D eigenvalue weighted by atomic mass is 9.99. The highest BCUT2D eigenvalue weighted by Crippen LogP contribution is 2.31. The molecule has 2 fully saturated rings. The molecule has 0 bridgehead atoms. The van der Waals surface area contributed by atoms with E-state index in [1.165, 1.54) is 23.0 Å². The monoisotopic (exact) mass is 523 g/mol. The van der Waals surface area contributed by atoms with E-state index < -0.39 is 15.5 Å². The van der Waals surface area contributed by atoms with Crippen LogP contribution in [0.25, 0.3) is 11.3 Å². The van der Waals surface area contributed by atoms with E-state index in [2.05, 4.69) is 15.6 Å². The number of rotatable bonds is 7. The van der Waals surface area contributed by atoms with Crippen molar-refractivity contribution in [1.82, 2.24) is 14.3 Å². The van der Waals surface area contributed by atoms with Gasteiger partial charge in [-0.3, -0.25) is 9.35 Å². The van der Waals surface area contributed by atoms with Crippen LogP contribution in [0.15, 0.2) is 30.5 Å². The van der Waals surface area contributed by atoms with Crippen LogP contribution in [0.3, 0.4) is 0 Å². The van der Waals surface area contributed by atoms with Crippen molar-refractivity contribution in [3.05, 3.63) is 35.5 Å². The predicted molar refractivity (Wildman–Crippen MR) is 140 cm³/mol. The quantitative estimate of drug-likeness (QED) is 0.506. The minimum atomic E-state index is -3.88. The van der Waals surface area contributed by atoms with Crippen LogP contribution in [-0.2, 0) is 19.1 Å². The van der Waals surface area contributed by atoms with Gasteiger partial charge in [0, 0.05) is 57.1 Å². The lowest BCUT2D eigenvalue weighted by molar-refractivity contribution is -0.120. The number of pyridine rings is 2. The smallest absolute Gasteiger partial charge is 0.229 e. The van der Waals surface area contributed by atoms with E-state index in [0.29, 0.717) is 47.4 Å². The van der Waals surface area contributed by atoms with Crippen LogP contribution in [0.5, 0.6) is 0 Å². The molecule has 3 N–H and O–H groups in total. The van der Waals surface area contributed by atoms with E-state index in [0.717, 1.165) is 38.4 Å².